The number of hydrogen-bond acceptors (Lipinski definition) is 4. The van der Waals surface area contributed by atoms with Crippen molar-refractivity contribution >= 4 is 5.91 Å². The van der Waals surface area contributed by atoms with Gasteiger partial charge in [-0.2, -0.15) is 0 Å². The van der Waals surface area contributed by atoms with Gasteiger partial charge in [-0.15, -0.1) is 0 Å². The summed E-state index contributed by atoms with van der Waals surface area (Å²) in [5.41, 5.74) is 0.657. The second-order valence-corrected chi connectivity index (χ2v) is 6.40. The number of hydrogen-bond donors (Lipinski definition) is 1. The summed E-state index contributed by atoms with van der Waals surface area (Å²) in [6, 6.07) is 3.99. The summed E-state index contributed by atoms with van der Waals surface area (Å²) in [7, 11) is 0. The summed E-state index contributed by atoms with van der Waals surface area (Å²) >= 11 is 0. The van der Waals surface area contributed by atoms with Crippen LogP contribution < -0.4 is 0 Å². The van der Waals surface area contributed by atoms with Gasteiger partial charge in [-0.25, -0.2) is 0 Å². The molecule has 0 spiro atoms. The first-order valence-corrected chi connectivity index (χ1v) is 8.21. The van der Waals surface area contributed by atoms with E-state index in [1.54, 1.807) is 6.20 Å². The minimum atomic E-state index is 0.0695. The van der Waals surface area contributed by atoms with E-state index in [9.17, 15) is 4.79 Å². The van der Waals surface area contributed by atoms with Crippen molar-refractivity contribution in [1.82, 2.24) is 14.8 Å². The van der Waals surface area contributed by atoms with Gasteiger partial charge in [-0.05, 0) is 25.0 Å². The Bertz CT molecular complexity index is 513. The maximum Gasteiger partial charge on any atom is 0.270 e. The number of carbonyl (C=O) groups excluding carboxylic acids is 1. The van der Waals surface area contributed by atoms with Crippen molar-refractivity contribution < 1.29 is 14.3 Å². The molecule has 3 saturated heterocycles. The molecule has 4 rings (SSSR count). The number of amides is 1. The van der Waals surface area contributed by atoms with Crippen LogP contribution in [-0.4, -0.2) is 78.3 Å². The van der Waals surface area contributed by atoms with Crippen molar-refractivity contribution in [3.63, 3.8) is 0 Å². The third-order valence-corrected chi connectivity index (χ3v) is 4.99. The lowest BCUT2D eigenvalue weighted by Gasteiger charge is -2.37. The summed E-state index contributed by atoms with van der Waals surface area (Å²) in [6.07, 6.45) is 4.60. The maximum absolute atomic E-state index is 12.5. The van der Waals surface area contributed by atoms with Crippen LogP contribution in [0.3, 0.4) is 0 Å². The van der Waals surface area contributed by atoms with E-state index in [4.69, 9.17) is 9.47 Å². The SMILES string of the molecule is O=C(c1ccc[nH]1)N1C[C@@H]2OCCN(C[C@@H]3CCCO3)[C@@H]2C1. The average molecular weight is 305 g/mol. The zero-order valence-electron chi connectivity index (χ0n) is 12.7. The van der Waals surface area contributed by atoms with Gasteiger partial charge in [0.1, 0.15) is 5.69 Å². The lowest BCUT2D eigenvalue weighted by atomic mass is 10.1. The standard InChI is InChI=1S/C16H23N3O3/c20-16(13-4-1-5-17-13)19-10-14-15(11-19)22-8-6-18(14)9-12-3-2-7-21-12/h1,4-5,12,14-15,17H,2-3,6-11H2/t12-,14+,15-/m0/s1. The Hall–Kier alpha value is -1.37. The van der Waals surface area contributed by atoms with Crippen LogP contribution in [0.1, 0.15) is 23.3 Å². The molecular weight excluding hydrogens is 282 g/mol. The predicted octanol–water partition coefficient (Wildman–Crippen LogP) is 0.719. The van der Waals surface area contributed by atoms with Gasteiger partial charge in [0.05, 0.1) is 24.9 Å². The monoisotopic (exact) mass is 305 g/mol. The number of H-pyrrole nitrogens is 1. The molecule has 0 bridgehead atoms. The van der Waals surface area contributed by atoms with Crippen LogP contribution in [-0.2, 0) is 9.47 Å². The number of nitrogens with zero attached hydrogens (tertiary/aromatic N) is 2. The normalized spacial score (nSPS) is 32.4. The minimum absolute atomic E-state index is 0.0695. The fourth-order valence-electron chi connectivity index (χ4n) is 3.83. The average Bonchev–Trinajstić information content (AvgIpc) is 3.28. The fraction of sp³-hybridized carbons (Fsp3) is 0.688. The number of aromatic amines is 1. The molecule has 6 nitrogen and oxygen atoms in total. The van der Waals surface area contributed by atoms with E-state index in [0.717, 1.165) is 39.3 Å². The zero-order valence-corrected chi connectivity index (χ0v) is 12.7. The highest BCUT2D eigenvalue weighted by atomic mass is 16.5. The molecule has 3 aliphatic rings. The summed E-state index contributed by atoms with van der Waals surface area (Å²) < 4.78 is 11.7. The van der Waals surface area contributed by atoms with Crippen molar-refractivity contribution in [1.29, 1.82) is 0 Å². The number of carbonyl (C=O) groups is 1. The minimum Gasteiger partial charge on any atom is -0.377 e. The number of fused-ring (bicyclic) bond motifs is 1. The molecule has 1 N–H and O–H groups in total. The second-order valence-electron chi connectivity index (χ2n) is 6.40. The molecule has 1 aromatic heterocycles. The van der Waals surface area contributed by atoms with Crippen LogP contribution >= 0.6 is 0 Å². The molecule has 6 heteroatoms. The maximum atomic E-state index is 12.5. The molecule has 3 fully saturated rings. The molecule has 120 valence electrons. The van der Waals surface area contributed by atoms with Crippen LogP contribution in [0.2, 0.25) is 0 Å². The second kappa shape index (κ2) is 6.02. The molecular formula is C16H23N3O3. The Balaban J connectivity index is 1.42. The van der Waals surface area contributed by atoms with Crippen LogP contribution in [0.15, 0.2) is 18.3 Å². The van der Waals surface area contributed by atoms with E-state index in [1.165, 1.54) is 6.42 Å². The van der Waals surface area contributed by atoms with Gasteiger partial charge in [-0.1, -0.05) is 0 Å². The Labute approximate surface area is 130 Å². The van der Waals surface area contributed by atoms with E-state index >= 15 is 0 Å². The van der Waals surface area contributed by atoms with Crippen molar-refractivity contribution in [3.05, 3.63) is 24.0 Å². The Morgan fingerprint density at radius 1 is 1.32 bits per heavy atom. The highest BCUT2D eigenvalue weighted by Crippen LogP contribution is 2.25. The quantitative estimate of drug-likeness (QED) is 0.894. The number of aromatic nitrogens is 1. The van der Waals surface area contributed by atoms with Crippen molar-refractivity contribution in [2.75, 3.05) is 39.4 Å². The number of likely N-dealkylation sites (tertiary alicyclic amines) is 1. The van der Waals surface area contributed by atoms with E-state index < -0.39 is 0 Å². The van der Waals surface area contributed by atoms with E-state index in [2.05, 4.69) is 9.88 Å². The van der Waals surface area contributed by atoms with E-state index in [-0.39, 0.29) is 12.0 Å². The molecule has 1 amide bonds. The summed E-state index contributed by atoms with van der Waals surface area (Å²) in [5, 5.41) is 0. The van der Waals surface area contributed by atoms with E-state index in [0.29, 0.717) is 24.4 Å². The third-order valence-electron chi connectivity index (χ3n) is 4.99. The summed E-state index contributed by atoms with van der Waals surface area (Å²) in [5.74, 6) is 0.0695. The predicted molar refractivity (Wildman–Crippen MR) is 80.8 cm³/mol. The van der Waals surface area contributed by atoms with Crippen molar-refractivity contribution in [2.45, 2.75) is 31.1 Å². The highest BCUT2D eigenvalue weighted by molar-refractivity contribution is 5.92. The van der Waals surface area contributed by atoms with E-state index in [1.807, 2.05) is 17.0 Å². The molecule has 0 saturated carbocycles. The number of morpholine rings is 1. The van der Waals surface area contributed by atoms with Gasteiger partial charge in [0.25, 0.3) is 5.91 Å². The molecule has 1 aromatic rings. The summed E-state index contributed by atoms with van der Waals surface area (Å²) in [4.78, 5) is 19.9. The van der Waals surface area contributed by atoms with Crippen LogP contribution in [0, 0.1) is 0 Å². The van der Waals surface area contributed by atoms with Crippen molar-refractivity contribution in [3.8, 4) is 0 Å². The smallest absolute Gasteiger partial charge is 0.270 e. The first-order valence-electron chi connectivity index (χ1n) is 8.21. The molecule has 4 heterocycles. The van der Waals surface area contributed by atoms with Gasteiger partial charge in [-0.3, -0.25) is 9.69 Å². The Morgan fingerprint density at radius 3 is 3.05 bits per heavy atom. The molecule has 0 radical (unpaired) electrons. The van der Waals surface area contributed by atoms with Crippen LogP contribution in [0.25, 0.3) is 0 Å². The highest BCUT2D eigenvalue weighted by Gasteiger charge is 2.42. The van der Waals surface area contributed by atoms with Gasteiger partial charge in [0.15, 0.2) is 0 Å². The molecule has 3 aliphatic heterocycles. The molecule has 3 atom stereocenters. The molecule has 0 unspecified atom stereocenters. The number of nitrogens with one attached hydrogen (secondary N) is 1. The van der Waals surface area contributed by atoms with Crippen LogP contribution in [0.5, 0.6) is 0 Å². The zero-order chi connectivity index (χ0) is 14.9. The first kappa shape index (κ1) is 14.2. The van der Waals surface area contributed by atoms with Gasteiger partial charge < -0.3 is 19.4 Å². The van der Waals surface area contributed by atoms with Gasteiger partial charge in [0.2, 0.25) is 0 Å². The first-order chi connectivity index (χ1) is 10.8. The largest absolute Gasteiger partial charge is 0.377 e. The lowest BCUT2D eigenvalue weighted by Crippen LogP contribution is -2.52. The fourth-order valence-corrected chi connectivity index (χ4v) is 3.83. The lowest BCUT2D eigenvalue weighted by molar-refractivity contribution is -0.0614. The molecule has 22 heavy (non-hydrogen) atoms. The number of rotatable bonds is 3. The van der Waals surface area contributed by atoms with Gasteiger partial charge in [0, 0.05) is 39.0 Å². The molecule has 0 aromatic carbocycles. The summed E-state index contributed by atoms with van der Waals surface area (Å²) in [6.45, 7) is 4.97. The Morgan fingerprint density at radius 2 is 2.27 bits per heavy atom. The van der Waals surface area contributed by atoms with Crippen LogP contribution in [0.4, 0.5) is 0 Å². The third kappa shape index (κ3) is 2.66. The van der Waals surface area contributed by atoms with Crippen molar-refractivity contribution in [2.24, 2.45) is 0 Å². The number of ether oxygens (including phenoxy) is 2. The topological polar surface area (TPSA) is 57.8 Å². The Kier molecular flexibility index (Phi) is 3.90. The molecule has 0 aliphatic carbocycles. The van der Waals surface area contributed by atoms with Gasteiger partial charge >= 0.3 is 0 Å².